The number of pyridine rings is 1. The van der Waals surface area contributed by atoms with Crippen molar-refractivity contribution >= 4 is 27.3 Å². The maximum Gasteiger partial charge on any atom is 0.253 e. The smallest absolute Gasteiger partial charge is 0.253 e. The van der Waals surface area contributed by atoms with Gasteiger partial charge in [-0.15, -0.1) is 11.3 Å². The highest BCUT2D eigenvalue weighted by Crippen LogP contribution is 2.31. The molecule has 0 radical (unpaired) electrons. The molecule has 0 aliphatic carbocycles. The number of hydrogen-bond acceptors (Lipinski definition) is 7. The Morgan fingerprint density at radius 2 is 2.07 bits per heavy atom. The highest BCUT2D eigenvalue weighted by Gasteiger charge is 2.46. The molecule has 10 heteroatoms. The van der Waals surface area contributed by atoms with Gasteiger partial charge in [0.15, 0.2) is 0 Å². The SMILES string of the molecule is O=C([C@@H]1C[C@H](Oc2cccnc2)CN1S(=O)(=O)c1cccs1)N1CCOCC1. The van der Waals surface area contributed by atoms with Crippen molar-refractivity contribution in [3.05, 3.63) is 42.0 Å². The summed E-state index contributed by atoms with van der Waals surface area (Å²) in [5.74, 6) is 0.362. The number of nitrogens with zero attached hydrogens (tertiary/aromatic N) is 3. The number of hydrogen-bond donors (Lipinski definition) is 0. The number of ether oxygens (including phenoxy) is 2. The lowest BCUT2D eigenvalue weighted by Gasteiger charge is -2.31. The quantitative estimate of drug-likeness (QED) is 0.718. The standard InChI is InChI=1S/C18H21N3O5S2/c22-18(20-6-8-25-9-7-20)16-11-15(26-14-3-1-5-19-12-14)13-21(16)28(23,24)17-4-2-10-27-17/h1-5,10,12,15-16H,6-9,11,13H2/t15-,16-/m0/s1. The summed E-state index contributed by atoms with van der Waals surface area (Å²) in [6.07, 6.45) is 3.10. The lowest BCUT2D eigenvalue weighted by molar-refractivity contribution is -0.138. The molecule has 2 saturated heterocycles. The minimum absolute atomic E-state index is 0.121. The van der Waals surface area contributed by atoms with Gasteiger partial charge in [-0.2, -0.15) is 4.31 Å². The molecule has 4 heterocycles. The van der Waals surface area contributed by atoms with E-state index in [2.05, 4.69) is 4.98 Å². The van der Waals surface area contributed by atoms with Crippen LogP contribution in [-0.2, 0) is 19.6 Å². The first-order valence-corrected chi connectivity index (χ1v) is 11.4. The van der Waals surface area contributed by atoms with E-state index < -0.39 is 22.2 Å². The van der Waals surface area contributed by atoms with Crippen molar-refractivity contribution in [1.29, 1.82) is 0 Å². The first-order valence-electron chi connectivity index (χ1n) is 9.04. The third kappa shape index (κ3) is 3.90. The van der Waals surface area contributed by atoms with Crippen LogP contribution in [0.2, 0.25) is 0 Å². The second kappa shape index (κ2) is 8.16. The van der Waals surface area contributed by atoms with E-state index in [1.165, 1.54) is 4.31 Å². The molecule has 0 N–H and O–H groups in total. The summed E-state index contributed by atoms with van der Waals surface area (Å²) in [5.41, 5.74) is 0. The molecule has 0 aromatic carbocycles. The van der Waals surface area contributed by atoms with Crippen LogP contribution >= 0.6 is 11.3 Å². The van der Waals surface area contributed by atoms with Crippen LogP contribution in [0.3, 0.4) is 0 Å². The van der Waals surface area contributed by atoms with E-state index >= 15 is 0 Å². The van der Waals surface area contributed by atoms with Crippen molar-refractivity contribution in [1.82, 2.24) is 14.2 Å². The van der Waals surface area contributed by atoms with Crippen molar-refractivity contribution in [3.8, 4) is 5.75 Å². The lowest BCUT2D eigenvalue weighted by Crippen LogP contribution is -2.50. The van der Waals surface area contributed by atoms with Gasteiger partial charge in [0, 0.05) is 25.7 Å². The minimum Gasteiger partial charge on any atom is -0.487 e. The Bertz CT molecular complexity index is 899. The zero-order chi connectivity index (χ0) is 19.6. The van der Waals surface area contributed by atoms with Gasteiger partial charge in [-0.05, 0) is 23.6 Å². The summed E-state index contributed by atoms with van der Waals surface area (Å²) in [5, 5.41) is 1.71. The van der Waals surface area contributed by atoms with Gasteiger partial charge in [0.2, 0.25) is 5.91 Å². The van der Waals surface area contributed by atoms with Crippen LogP contribution < -0.4 is 4.74 Å². The number of rotatable bonds is 5. The average molecular weight is 424 g/mol. The van der Waals surface area contributed by atoms with Gasteiger partial charge < -0.3 is 14.4 Å². The van der Waals surface area contributed by atoms with Gasteiger partial charge in [-0.3, -0.25) is 9.78 Å². The monoisotopic (exact) mass is 423 g/mol. The Morgan fingerprint density at radius 1 is 1.25 bits per heavy atom. The second-order valence-electron chi connectivity index (χ2n) is 6.62. The molecule has 4 rings (SSSR count). The zero-order valence-electron chi connectivity index (χ0n) is 15.1. The maximum atomic E-state index is 13.2. The van der Waals surface area contributed by atoms with Crippen LogP contribution in [0.25, 0.3) is 0 Å². The largest absolute Gasteiger partial charge is 0.487 e. The molecule has 1 amide bonds. The summed E-state index contributed by atoms with van der Waals surface area (Å²) < 4.78 is 39.1. The van der Waals surface area contributed by atoms with Crippen molar-refractivity contribution in [2.24, 2.45) is 0 Å². The number of carbonyl (C=O) groups is 1. The van der Waals surface area contributed by atoms with Gasteiger partial charge in [0.1, 0.15) is 22.1 Å². The average Bonchev–Trinajstić information content (AvgIpc) is 3.40. The molecule has 8 nitrogen and oxygen atoms in total. The van der Waals surface area contributed by atoms with E-state index in [0.717, 1.165) is 11.3 Å². The fourth-order valence-electron chi connectivity index (χ4n) is 3.47. The van der Waals surface area contributed by atoms with Gasteiger partial charge >= 0.3 is 0 Å². The molecule has 150 valence electrons. The molecule has 2 aliphatic rings. The minimum atomic E-state index is -3.78. The summed E-state index contributed by atoms with van der Waals surface area (Å²) in [6, 6.07) is 5.98. The van der Waals surface area contributed by atoms with Crippen molar-refractivity contribution in [2.45, 2.75) is 22.8 Å². The summed E-state index contributed by atoms with van der Waals surface area (Å²) in [4.78, 5) is 18.8. The van der Waals surface area contributed by atoms with Crippen LogP contribution in [0.1, 0.15) is 6.42 Å². The summed E-state index contributed by atoms with van der Waals surface area (Å²) in [7, 11) is -3.78. The Morgan fingerprint density at radius 3 is 2.75 bits per heavy atom. The van der Waals surface area contributed by atoms with E-state index in [-0.39, 0.29) is 16.7 Å². The second-order valence-corrected chi connectivity index (χ2v) is 9.69. The Kier molecular flexibility index (Phi) is 5.63. The third-order valence-electron chi connectivity index (χ3n) is 4.82. The zero-order valence-corrected chi connectivity index (χ0v) is 16.8. The Hall–Kier alpha value is -2.01. The van der Waals surface area contributed by atoms with Crippen LogP contribution in [0, 0.1) is 0 Å². The van der Waals surface area contributed by atoms with Gasteiger partial charge in [0.25, 0.3) is 10.0 Å². The lowest BCUT2D eigenvalue weighted by atomic mass is 10.1. The van der Waals surface area contributed by atoms with Crippen molar-refractivity contribution in [2.75, 3.05) is 32.8 Å². The molecule has 2 fully saturated rings. The number of thiophene rings is 1. The van der Waals surface area contributed by atoms with Crippen molar-refractivity contribution in [3.63, 3.8) is 0 Å². The Balaban J connectivity index is 1.59. The summed E-state index contributed by atoms with van der Waals surface area (Å²) >= 11 is 1.15. The molecule has 2 atom stereocenters. The number of carbonyl (C=O) groups excluding carboxylic acids is 1. The van der Waals surface area contributed by atoms with E-state index in [1.54, 1.807) is 46.9 Å². The molecular weight excluding hydrogens is 402 g/mol. The molecule has 2 aromatic heterocycles. The molecular formula is C18H21N3O5S2. The highest BCUT2D eigenvalue weighted by molar-refractivity contribution is 7.91. The van der Waals surface area contributed by atoms with Gasteiger partial charge in [-0.1, -0.05) is 6.07 Å². The molecule has 0 saturated carbocycles. The Labute approximate surface area is 167 Å². The van der Waals surface area contributed by atoms with Gasteiger partial charge in [-0.25, -0.2) is 8.42 Å². The van der Waals surface area contributed by atoms with E-state index in [4.69, 9.17) is 9.47 Å². The molecule has 0 spiro atoms. The highest BCUT2D eigenvalue weighted by atomic mass is 32.2. The number of amides is 1. The maximum absolute atomic E-state index is 13.2. The first-order chi connectivity index (χ1) is 13.6. The van der Waals surface area contributed by atoms with E-state index in [0.29, 0.717) is 38.5 Å². The molecule has 0 unspecified atom stereocenters. The molecule has 2 aromatic rings. The molecule has 0 bridgehead atoms. The van der Waals surface area contributed by atoms with E-state index in [9.17, 15) is 13.2 Å². The van der Waals surface area contributed by atoms with Crippen LogP contribution in [0.15, 0.2) is 46.2 Å². The fourth-order valence-corrected chi connectivity index (χ4v) is 6.22. The first kappa shape index (κ1) is 19.3. The van der Waals surface area contributed by atoms with Crippen LogP contribution in [0.4, 0.5) is 0 Å². The number of morpholine rings is 1. The fraction of sp³-hybridized carbons (Fsp3) is 0.444. The topological polar surface area (TPSA) is 89.0 Å². The molecule has 28 heavy (non-hydrogen) atoms. The number of aromatic nitrogens is 1. The number of sulfonamides is 1. The summed E-state index contributed by atoms with van der Waals surface area (Å²) in [6.45, 7) is 1.99. The van der Waals surface area contributed by atoms with Crippen molar-refractivity contribution < 1.29 is 22.7 Å². The van der Waals surface area contributed by atoms with Crippen LogP contribution in [0.5, 0.6) is 5.75 Å². The normalized spacial score (nSPS) is 23.6. The van der Waals surface area contributed by atoms with E-state index in [1.807, 2.05) is 0 Å². The predicted octanol–water partition coefficient (Wildman–Crippen LogP) is 1.21. The predicted molar refractivity (Wildman–Crippen MR) is 103 cm³/mol. The third-order valence-corrected chi connectivity index (χ3v) is 8.07. The molecule has 2 aliphatic heterocycles. The van der Waals surface area contributed by atoms with Gasteiger partial charge in [0.05, 0.1) is 26.0 Å². The van der Waals surface area contributed by atoms with Crippen LogP contribution in [-0.4, -0.2) is 73.5 Å².